The maximum absolute atomic E-state index is 13.6. The molecule has 4 N–H and O–H groups in total. The Morgan fingerprint density at radius 2 is 2.11 bits per heavy atom. The van der Waals surface area contributed by atoms with Crippen molar-refractivity contribution in [1.29, 1.82) is 0 Å². The van der Waals surface area contributed by atoms with E-state index < -0.39 is 5.82 Å². The van der Waals surface area contributed by atoms with Gasteiger partial charge in [-0.05, 0) is 18.6 Å². The molecule has 2 rings (SSSR count). The fourth-order valence-electron chi connectivity index (χ4n) is 1.65. The lowest BCUT2D eigenvalue weighted by Crippen LogP contribution is -2.14. The van der Waals surface area contributed by atoms with E-state index >= 15 is 0 Å². The van der Waals surface area contributed by atoms with Gasteiger partial charge in [0.05, 0.1) is 12.2 Å². The van der Waals surface area contributed by atoms with Gasteiger partial charge >= 0.3 is 0 Å². The van der Waals surface area contributed by atoms with Crippen LogP contribution in [0.15, 0.2) is 30.5 Å². The fourth-order valence-corrected chi connectivity index (χ4v) is 1.95. The maximum Gasteiger partial charge on any atom is 0.239 e. The van der Waals surface area contributed by atoms with E-state index in [-0.39, 0.29) is 17.8 Å². The van der Waals surface area contributed by atoms with Gasteiger partial charge in [-0.25, -0.2) is 15.2 Å². The number of halogens is 2. The van der Waals surface area contributed by atoms with Gasteiger partial charge in [0.1, 0.15) is 0 Å². The van der Waals surface area contributed by atoms with E-state index in [1.807, 2.05) is 25.1 Å². The van der Waals surface area contributed by atoms with Crippen molar-refractivity contribution in [2.75, 3.05) is 10.7 Å². The molecule has 7 heteroatoms. The van der Waals surface area contributed by atoms with Crippen LogP contribution in [0.3, 0.4) is 0 Å². The Balaban J connectivity index is 2.24. The van der Waals surface area contributed by atoms with Gasteiger partial charge in [-0.1, -0.05) is 29.8 Å². The topological polar surface area (TPSA) is 75.9 Å². The van der Waals surface area contributed by atoms with Gasteiger partial charge in [0.25, 0.3) is 0 Å². The zero-order chi connectivity index (χ0) is 13.8. The van der Waals surface area contributed by atoms with E-state index in [1.54, 1.807) is 6.07 Å². The Morgan fingerprint density at radius 1 is 1.37 bits per heavy atom. The lowest BCUT2D eigenvalue weighted by molar-refractivity contribution is 0.614. The number of hydrogen-bond donors (Lipinski definition) is 3. The summed E-state index contributed by atoms with van der Waals surface area (Å²) in [5.41, 5.74) is 3.12. The molecule has 0 bridgehead atoms. The number of nitrogens with zero attached hydrogens (tertiary/aromatic N) is 2. The molecule has 0 saturated carbocycles. The van der Waals surface area contributed by atoms with Crippen molar-refractivity contribution in [2.24, 2.45) is 5.84 Å². The summed E-state index contributed by atoms with van der Waals surface area (Å²) in [7, 11) is 0. The average molecular weight is 282 g/mol. The largest absolute Gasteiger partial charge is 0.361 e. The summed E-state index contributed by atoms with van der Waals surface area (Å²) >= 11 is 6.08. The van der Waals surface area contributed by atoms with Crippen LogP contribution in [-0.2, 0) is 0 Å². The number of rotatable bonds is 4. The Bertz CT molecular complexity index is 578. The summed E-state index contributed by atoms with van der Waals surface area (Å²) in [4.78, 5) is 7.58. The molecule has 0 aliphatic rings. The van der Waals surface area contributed by atoms with Crippen LogP contribution in [0.2, 0.25) is 5.02 Å². The quantitative estimate of drug-likeness (QED) is 0.593. The van der Waals surface area contributed by atoms with Gasteiger partial charge in [0.15, 0.2) is 11.6 Å². The SMILES string of the molecule is CC(Nc1nc(NN)ncc1F)c1ccccc1Cl. The average Bonchev–Trinajstić information content (AvgIpc) is 2.41. The Hall–Kier alpha value is -1.92. The summed E-state index contributed by atoms with van der Waals surface area (Å²) in [6.45, 7) is 1.86. The van der Waals surface area contributed by atoms with Gasteiger partial charge in [0.2, 0.25) is 5.95 Å². The van der Waals surface area contributed by atoms with Gasteiger partial charge in [-0.2, -0.15) is 4.98 Å². The van der Waals surface area contributed by atoms with E-state index in [0.29, 0.717) is 5.02 Å². The molecule has 1 aromatic carbocycles. The van der Waals surface area contributed by atoms with Crippen molar-refractivity contribution in [2.45, 2.75) is 13.0 Å². The van der Waals surface area contributed by atoms with Crippen molar-refractivity contribution in [3.8, 4) is 0 Å². The highest BCUT2D eigenvalue weighted by atomic mass is 35.5. The zero-order valence-corrected chi connectivity index (χ0v) is 10.9. The van der Waals surface area contributed by atoms with Crippen molar-refractivity contribution in [3.05, 3.63) is 46.9 Å². The molecule has 1 unspecified atom stereocenters. The molecule has 1 heterocycles. The molecule has 5 nitrogen and oxygen atoms in total. The van der Waals surface area contributed by atoms with E-state index in [1.165, 1.54) is 0 Å². The first-order chi connectivity index (χ1) is 9.11. The van der Waals surface area contributed by atoms with Gasteiger partial charge < -0.3 is 5.32 Å². The van der Waals surface area contributed by atoms with Crippen LogP contribution in [0.4, 0.5) is 16.2 Å². The highest BCUT2D eigenvalue weighted by Crippen LogP contribution is 2.26. The molecular weight excluding hydrogens is 269 g/mol. The Kier molecular flexibility index (Phi) is 4.13. The Labute approximate surface area is 115 Å². The minimum atomic E-state index is -0.557. The number of hydrazine groups is 1. The van der Waals surface area contributed by atoms with Crippen molar-refractivity contribution < 1.29 is 4.39 Å². The van der Waals surface area contributed by atoms with Crippen LogP contribution in [0, 0.1) is 5.82 Å². The number of nitrogen functional groups attached to an aromatic ring is 1. The molecule has 2 aromatic rings. The molecule has 0 spiro atoms. The molecule has 19 heavy (non-hydrogen) atoms. The molecule has 0 aliphatic heterocycles. The maximum atomic E-state index is 13.6. The predicted octanol–water partition coefficient (Wildman–Crippen LogP) is 2.73. The number of benzene rings is 1. The monoisotopic (exact) mass is 281 g/mol. The number of hydrogen-bond acceptors (Lipinski definition) is 5. The van der Waals surface area contributed by atoms with E-state index in [2.05, 4.69) is 20.7 Å². The van der Waals surface area contributed by atoms with Crippen LogP contribution < -0.4 is 16.6 Å². The number of nitrogens with one attached hydrogen (secondary N) is 2. The fraction of sp³-hybridized carbons (Fsp3) is 0.167. The second-order valence-electron chi connectivity index (χ2n) is 3.92. The van der Waals surface area contributed by atoms with Crippen LogP contribution in [0.1, 0.15) is 18.5 Å². The first kappa shape index (κ1) is 13.5. The normalized spacial score (nSPS) is 12.0. The highest BCUT2D eigenvalue weighted by molar-refractivity contribution is 6.31. The molecular formula is C12H13ClFN5. The summed E-state index contributed by atoms with van der Waals surface area (Å²) < 4.78 is 13.6. The number of nitrogens with two attached hydrogens (primary N) is 1. The molecule has 1 atom stereocenters. The summed E-state index contributed by atoms with van der Waals surface area (Å²) in [6.07, 6.45) is 1.05. The minimum Gasteiger partial charge on any atom is -0.361 e. The second kappa shape index (κ2) is 5.81. The number of aromatic nitrogens is 2. The first-order valence-corrected chi connectivity index (χ1v) is 5.99. The molecule has 0 radical (unpaired) electrons. The lowest BCUT2D eigenvalue weighted by Gasteiger charge is -2.16. The second-order valence-corrected chi connectivity index (χ2v) is 4.33. The predicted molar refractivity (Wildman–Crippen MR) is 73.3 cm³/mol. The summed E-state index contributed by atoms with van der Waals surface area (Å²) in [6, 6.07) is 7.13. The van der Waals surface area contributed by atoms with Gasteiger partial charge in [-0.3, -0.25) is 5.43 Å². The molecule has 100 valence electrons. The molecule has 0 saturated heterocycles. The van der Waals surface area contributed by atoms with Crippen LogP contribution in [-0.4, -0.2) is 9.97 Å². The summed E-state index contributed by atoms with van der Waals surface area (Å²) in [5.74, 6) is 4.83. The lowest BCUT2D eigenvalue weighted by atomic mass is 10.1. The third-order valence-electron chi connectivity index (χ3n) is 2.60. The van der Waals surface area contributed by atoms with Gasteiger partial charge in [-0.15, -0.1) is 0 Å². The van der Waals surface area contributed by atoms with E-state index in [9.17, 15) is 4.39 Å². The highest BCUT2D eigenvalue weighted by Gasteiger charge is 2.13. The molecule has 1 aromatic heterocycles. The first-order valence-electron chi connectivity index (χ1n) is 5.62. The number of anilines is 2. The van der Waals surface area contributed by atoms with Crippen molar-refractivity contribution in [3.63, 3.8) is 0 Å². The van der Waals surface area contributed by atoms with Gasteiger partial charge in [0, 0.05) is 5.02 Å². The molecule has 0 fully saturated rings. The third kappa shape index (κ3) is 3.10. The van der Waals surface area contributed by atoms with E-state index in [0.717, 1.165) is 11.8 Å². The summed E-state index contributed by atoms with van der Waals surface area (Å²) in [5, 5.41) is 3.54. The Morgan fingerprint density at radius 3 is 2.79 bits per heavy atom. The van der Waals surface area contributed by atoms with Crippen LogP contribution >= 0.6 is 11.6 Å². The van der Waals surface area contributed by atoms with Crippen LogP contribution in [0.5, 0.6) is 0 Å². The molecule has 0 aliphatic carbocycles. The minimum absolute atomic E-state index is 0.0652. The zero-order valence-electron chi connectivity index (χ0n) is 10.2. The van der Waals surface area contributed by atoms with E-state index in [4.69, 9.17) is 17.4 Å². The van der Waals surface area contributed by atoms with Crippen molar-refractivity contribution in [1.82, 2.24) is 9.97 Å². The molecule has 0 amide bonds. The standard InChI is InChI=1S/C12H13ClFN5/c1-7(8-4-2-3-5-9(8)13)17-11-10(14)6-16-12(18-11)19-15/h2-7H,15H2,1H3,(H2,16,17,18,19). The van der Waals surface area contributed by atoms with Crippen LogP contribution in [0.25, 0.3) is 0 Å². The van der Waals surface area contributed by atoms with Crippen molar-refractivity contribution >= 4 is 23.4 Å². The third-order valence-corrected chi connectivity index (χ3v) is 2.94. The smallest absolute Gasteiger partial charge is 0.239 e.